The minimum absolute atomic E-state index is 0.219. The second-order valence-electron chi connectivity index (χ2n) is 3.99. The molecule has 1 heterocycles. The number of amides is 1. The summed E-state index contributed by atoms with van der Waals surface area (Å²) >= 11 is 0. The van der Waals surface area contributed by atoms with E-state index in [1.54, 1.807) is 30.3 Å². The third kappa shape index (κ3) is 2.41. The van der Waals surface area contributed by atoms with Gasteiger partial charge >= 0.3 is 5.97 Å². The molecule has 0 bridgehead atoms. The molecule has 2 aromatic rings. The van der Waals surface area contributed by atoms with E-state index in [0.717, 1.165) is 0 Å². The Morgan fingerprint density at radius 3 is 2.53 bits per heavy atom. The summed E-state index contributed by atoms with van der Waals surface area (Å²) in [5, 5.41) is 24.1. The molecule has 19 heavy (non-hydrogen) atoms. The number of hydrogen-bond acceptors (Lipinski definition) is 5. The summed E-state index contributed by atoms with van der Waals surface area (Å²) in [6.45, 7) is 1.39. The summed E-state index contributed by atoms with van der Waals surface area (Å²) in [7, 11) is 0. The van der Waals surface area contributed by atoms with Gasteiger partial charge in [-0.05, 0) is 17.7 Å². The van der Waals surface area contributed by atoms with E-state index in [-0.39, 0.29) is 5.82 Å². The normalized spacial score (nSPS) is 13.5. The highest BCUT2D eigenvalue weighted by Gasteiger charge is 2.37. The first-order chi connectivity index (χ1) is 9.04. The van der Waals surface area contributed by atoms with Gasteiger partial charge in [-0.15, -0.1) is 10.2 Å². The van der Waals surface area contributed by atoms with Crippen LogP contribution in [0.15, 0.2) is 30.3 Å². The largest absolute Gasteiger partial charge is 0.479 e. The van der Waals surface area contributed by atoms with Crippen molar-refractivity contribution in [2.45, 2.75) is 12.5 Å². The third-order valence-electron chi connectivity index (χ3n) is 2.69. The zero-order valence-corrected chi connectivity index (χ0v) is 9.99. The van der Waals surface area contributed by atoms with Crippen LogP contribution in [0.2, 0.25) is 0 Å². The molecule has 0 saturated carbocycles. The standard InChI is InChI=1S/C11H11N5O3/c1-11(10(18)19,7-5-3-2-4-6-7)12-9(17)8-13-15-16-14-8/h2-6H,1H3,(H,12,17)(H,18,19)(H,13,14,15,16). The van der Waals surface area contributed by atoms with E-state index in [1.807, 2.05) is 0 Å². The molecule has 1 atom stereocenters. The van der Waals surface area contributed by atoms with Gasteiger partial charge in [-0.2, -0.15) is 5.21 Å². The van der Waals surface area contributed by atoms with Crippen LogP contribution in [-0.4, -0.2) is 37.6 Å². The fourth-order valence-electron chi connectivity index (χ4n) is 1.56. The number of carboxylic acids is 1. The van der Waals surface area contributed by atoms with E-state index in [4.69, 9.17) is 0 Å². The predicted octanol–water partition coefficient (Wildman–Crippen LogP) is -0.0705. The van der Waals surface area contributed by atoms with E-state index in [9.17, 15) is 14.7 Å². The van der Waals surface area contributed by atoms with E-state index in [1.165, 1.54) is 6.92 Å². The number of aromatic amines is 1. The minimum atomic E-state index is -1.57. The van der Waals surface area contributed by atoms with Gasteiger partial charge in [-0.1, -0.05) is 30.3 Å². The summed E-state index contributed by atoms with van der Waals surface area (Å²) < 4.78 is 0. The van der Waals surface area contributed by atoms with E-state index in [2.05, 4.69) is 25.9 Å². The van der Waals surface area contributed by atoms with E-state index >= 15 is 0 Å². The van der Waals surface area contributed by atoms with Crippen LogP contribution < -0.4 is 5.32 Å². The molecular weight excluding hydrogens is 250 g/mol. The zero-order chi connectivity index (χ0) is 13.9. The fraction of sp³-hybridized carbons (Fsp3) is 0.182. The van der Waals surface area contributed by atoms with Crippen molar-refractivity contribution in [3.8, 4) is 0 Å². The van der Waals surface area contributed by atoms with Crippen LogP contribution in [0.5, 0.6) is 0 Å². The number of nitrogens with zero attached hydrogens (tertiary/aromatic N) is 3. The Hall–Kier alpha value is -2.77. The molecule has 3 N–H and O–H groups in total. The van der Waals surface area contributed by atoms with Crippen molar-refractivity contribution in [2.24, 2.45) is 0 Å². The lowest BCUT2D eigenvalue weighted by molar-refractivity contribution is -0.144. The lowest BCUT2D eigenvalue weighted by Crippen LogP contribution is -2.49. The number of nitrogens with one attached hydrogen (secondary N) is 2. The highest BCUT2D eigenvalue weighted by atomic mass is 16.4. The molecule has 8 heteroatoms. The fourth-order valence-corrected chi connectivity index (χ4v) is 1.56. The quantitative estimate of drug-likeness (QED) is 0.708. The molecular formula is C11H11N5O3. The van der Waals surface area contributed by atoms with Gasteiger partial charge < -0.3 is 10.4 Å². The van der Waals surface area contributed by atoms with Gasteiger partial charge in [-0.3, -0.25) is 4.79 Å². The lowest BCUT2D eigenvalue weighted by Gasteiger charge is -2.26. The first-order valence-electron chi connectivity index (χ1n) is 5.39. The van der Waals surface area contributed by atoms with Crippen LogP contribution in [-0.2, 0) is 10.3 Å². The molecule has 0 aliphatic heterocycles. The van der Waals surface area contributed by atoms with E-state index in [0.29, 0.717) is 5.56 Å². The highest BCUT2D eigenvalue weighted by molar-refractivity contribution is 5.95. The molecule has 0 aliphatic rings. The number of hydrogen-bond donors (Lipinski definition) is 3. The number of carbonyl (C=O) groups is 2. The molecule has 1 unspecified atom stereocenters. The van der Waals surface area contributed by atoms with Crippen LogP contribution >= 0.6 is 0 Å². The molecule has 98 valence electrons. The molecule has 0 saturated heterocycles. The van der Waals surface area contributed by atoms with Crippen LogP contribution in [0, 0.1) is 0 Å². The zero-order valence-electron chi connectivity index (χ0n) is 9.99. The summed E-state index contributed by atoms with van der Waals surface area (Å²) in [5.74, 6) is -2.12. The number of benzene rings is 1. The highest BCUT2D eigenvalue weighted by Crippen LogP contribution is 2.21. The van der Waals surface area contributed by atoms with Gasteiger partial charge in [0, 0.05) is 0 Å². The molecule has 1 aromatic carbocycles. The molecule has 0 aliphatic carbocycles. The van der Waals surface area contributed by atoms with Crippen LogP contribution in [0.1, 0.15) is 23.1 Å². The van der Waals surface area contributed by atoms with Crippen molar-refractivity contribution >= 4 is 11.9 Å². The number of aliphatic carboxylic acids is 1. The van der Waals surface area contributed by atoms with Crippen molar-refractivity contribution in [3.05, 3.63) is 41.7 Å². The maximum absolute atomic E-state index is 11.8. The van der Waals surface area contributed by atoms with Gasteiger partial charge in [0.1, 0.15) is 0 Å². The van der Waals surface area contributed by atoms with Crippen LogP contribution in [0.3, 0.4) is 0 Å². The number of tetrazole rings is 1. The van der Waals surface area contributed by atoms with Gasteiger partial charge in [0.25, 0.3) is 11.7 Å². The first kappa shape index (κ1) is 12.7. The Kier molecular flexibility index (Phi) is 3.23. The number of H-pyrrole nitrogens is 1. The second kappa shape index (κ2) is 4.84. The monoisotopic (exact) mass is 261 g/mol. The molecule has 1 aromatic heterocycles. The van der Waals surface area contributed by atoms with Crippen molar-refractivity contribution in [1.82, 2.24) is 25.9 Å². The smallest absolute Gasteiger partial charge is 0.333 e. The van der Waals surface area contributed by atoms with Gasteiger partial charge in [-0.25, -0.2) is 4.79 Å². The molecule has 0 radical (unpaired) electrons. The number of carbonyl (C=O) groups excluding carboxylic acids is 1. The molecule has 0 fully saturated rings. The summed E-state index contributed by atoms with van der Waals surface area (Å²) in [6, 6.07) is 8.37. The van der Waals surface area contributed by atoms with Gasteiger partial charge in [0.2, 0.25) is 0 Å². The number of carboxylic acid groups (broad SMARTS) is 1. The summed E-state index contributed by atoms with van der Waals surface area (Å²) in [5.41, 5.74) is -1.13. The average molecular weight is 261 g/mol. The SMILES string of the molecule is CC(NC(=O)c1nn[nH]n1)(C(=O)O)c1ccccc1. The Bertz CT molecular complexity index is 584. The van der Waals surface area contributed by atoms with Crippen LogP contribution in [0.25, 0.3) is 0 Å². The number of rotatable bonds is 4. The first-order valence-corrected chi connectivity index (χ1v) is 5.39. The Morgan fingerprint density at radius 1 is 1.32 bits per heavy atom. The summed E-state index contributed by atoms with van der Waals surface area (Å²) in [4.78, 5) is 23.3. The lowest BCUT2D eigenvalue weighted by atomic mass is 9.92. The maximum atomic E-state index is 11.8. The van der Waals surface area contributed by atoms with Gasteiger partial charge in [0.15, 0.2) is 5.54 Å². The maximum Gasteiger partial charge on any atom is 0.333 e. The number of aromatic nitrogens is 4. The van der Waals surface area contributed by atoms with Gasteiger partial charge in [0.05, 0.1) is 0 Å². The van der Waals surface area contributed by atoms with Crippen LogP contribution in [0.4, 0.5) is 0 Å². The van der Waals surface area contributed by atoms with Crippen molar-refractivity contribution < 1.29 is 14.7 Å². The molecule has 8 nitrogen and oxygen atoms in total. The van der Waals surface area contributed by atoms with E-state index < -0.39 is 17.4 Å². The Labute approximate surface area is 107 Å². The Balaban J connectivity index is 2.31. The third-order valence-corrected chi connectivity index (χ3v) is 2.69. The topological polar surface area (TPSA) is 121 Å². The second-order valence-corrected chi connectivity index (χ2v) is 3.99. The molecule has 0 spiro atoms. The Morgan fingerprint density at radius 2 is 2.00 bits per heavy atom. The van der Waals surface area contributed by atoms with Crippen molar-refractivity contribution in [1.29, 1.82) is 0 Å². The van der Waals surface area contributed by atoms with Crippen molar-refractivity contribution in [3.63, 3.8) is 0 Å². The average Bonchev–Trinajstić information content (AvgIpc) is 2.93. The minimum Gasteiger partial charge on any atom is -0.479 e. The molecule has 1 amide bonds. The summed E-state index contributed by atoms with van der Waals surface area (Å²) in [6.07, 6.45) is 0. The van der Waals surface area contributed by atoms with Crippen molar-refractivity contribution in [2.75, 3.05) is 0 Å². The predicted molar refractivity (Wildman–Crippen MR) is 63.1 cm³/mol. The molecule has 2 rings (SSSR count).